The van der Waals surface area contributed by atoms with Crippen molar-refractivity contribution in [3.8, 4) is 0 Å². The number of nitrogen functional groups attached to an aromatic ring is 1. The van der Waals surface area contributed by atoms with E-state index in [4.69, 9.17) is 5.84 Å². The predicted octanol–water partition coefficient (Wildman–Crippen LogP) is 2.91. The summed E-state index contributed by atoms with van der Waals surface area (Å²) in [5.74, 6) is 5.58. The van der Waals surface area contributed by atoms with Crippen molar-refractivity contribution in [2.75, 3.05) is 22.3 Å². The van der Waals surface area contributed by atoms with Crippen LogP contribution in [0, 0.1) is 9.39 Å². The van der Waals surface area contributed by atoms with Gasteiger partial charge in [-0.3, -0.25) is 4.79 Å². The van der Waals surface area contributed by atoms with Gasteiger partial charge < -0.3 is 11.2 Å². The summed E-state index contributed by atoms with van der Waals surface area (Å²) in [6.45, 7) is 0. The van der Waals surface area contributed by atoms with Crippen molar-refractivity contribution in [1.29, 1.82) is 0 Å². The lowest BCUT2D eigenvalue weighted by Crippen LogP contribution is -2.16. The minimum absolute atomic E-state index is 0.111. The van der Waals surface area contributed by atoms with Crippen LogP contribution in [0.2, 0.25) is 0 Å². The average molecular weight is 511 g/mol. The number of hydrogen-bond donors (Lipinski definition) is 3. The monoisotopic (exact) mass is 511 g/mol. The number of aromatic nitrogens is 3. The summed E-state index contributed by atoms with van der Waals surface area (Å²) in [6, 6.07) is 13.7. The predicted molar refractivity (Wildman–Crippen MR) is 116 cm³/mol. The Hall–Kier alpha value is -2.67. The van der Waals surface area contributed by atoms with Crippen LogP contribution in [0.3, 0.4) is 0 Å². The molecule has 0 saturated carbocycles. The van der Waals surface area contributed by atoms with Crippen LogP contribution in [0.4, 0.5) is 16.0 Å². The summed E-state index contributed by atoms with van der Waals surface area (Å²) in [4.78, 5) is 12.0. The van der Waals surface area contributed by atoms with Crippen molar-refractivity contribution < 1.29 is 9.18 Å². The maximum absolute atomic E-state index is 13.5. The summed E-state index contributed by atoms with van der Waals surface area (Å²) in [7, 11) is 0. The van der Waals surface area contributed by atoms with Gasteiger partial charge in [0.15, 0.2) is 0 Å². The molecule has 8 nitrogen and oxygen atoms in total. The highest BCUT2D eigenvalue weighted by Crippen LogP contribution is 2.18. The van der Waals surface area contributed by atoms with E-state index >= 15 is 0 Å². The van der Waals surface area contributed by atoms with Crippen LogP contribution in [0.15, 0.2) is 58.8 Å². The van der Waals surface area contributed by atoms with Crippen LogP contribution in [0.1, 0.15) is 5.56 Å². The standard InChI is InChI=1S/C17H15FIN7OS/c18-14-4-2-1-3-11(14)9-21-23-16-24-25-17(26(16)20)28-10-15(27)22-13-7-5-12(19)6-8-13/h1-9H,10,20H2,(H,22,27)(H,23,24)/b21-9+. The first kappa shape index (κ1) is 20.1. The Morgan fingerprint density at radius 1 is 1.25 bits per heavy atom. The van der Waals surface area contributed by atoms with Crippen LogP contribution in [0.25, 0.3) is 0 Å². The normalized spacial score (nSPS) is 10.9. The van der Waals surface area contributed by atoms with Crippen LogP contribution < -0.4 is 16.6 Å². The van der Waals surface area contributed by atoms with E-state index in [0.717, 1.165) is 15.3 Å². The van der Waals surface area contributed by atoms with Gasteiger partial charge in [-0.05, 0) is 52.9 Å². The third kappa shape index (κ3) is 5.42. The van der Waals surface area contributed by atoms with Gasteiger partial charge in [0.25, 0.3) is 5.95 Å². The van der Waals surface area contributed by atoms with Crippen molar-refractivity contribution in [2.45, 2.75) is 5.16 Å². The molecule has 11 heteroatoms. The van der Waals surface area contributed by atoms with Crippen molar-refractivity contribution in [2.24, 2.45) is 5.10 Å². The summed E-state index contributed by atoms with van der Waals surface area (Å²) >= 11 is 3.32. The smallest absolute Gasteiger partial charge is 0.264 e. The Bertz CT molecular complexity index is 993. The summed E-state index contributed by atoms with van der Waals surface area (Å²) in [6.07, 6.45) is 1.31. The molecule has 28 heavy (non-hydrogen) atoms. The minimum atomic E-state index is -0.391. The first-order chi connectivity index (χ1) is 13.5. The number of thioether (sulfide) groups is 1. The van der Waals surface area contributed by atoms with Gasteiger partial charge in [-0.2, -0.15) is 5.10 Å². The molecule has 2 aromatic carbocycles. The maximum Gasteiger partial charge on any atom is 0.264 e. The Morgan fingerprint density at radius 3 is 2.75 bits per heavy atom. The lowest BCUT2D eigenvalue weighted by molar-refractivity contribution is -0.113. The highest BCUT2D eigenvalue weighted by Gasteiger charge is 2.12. The van der Waals surface area contributed by atoms with Gasteiger partial charge in [0.2, 0.25) is 11.1 Å². The number of hydrogen-bond acceptors (Lipinski definition) is 7. The van der Waals surface area contributed by atoms with Gasteiger partial charge in [0, 0.05) is 14.8 Å². The van der Waals surface area contributed by atoms with Crippen molar-refractivity contribution >= 4 is 58.1 Å². The number of carbonyl (C=O) groups excluding carboxylic acids is 1. The lowest BCUT2D eigenvalue weighted by atomic mass is 10.2. The fraction of sp³-hybridized carbons (Fsp3) is 0.0588. The van der Waals surface area contributed by atoms with Crippen molar-refractivity contribution in [1.82, 2.24) is 14.9 Å². The second kappa shape index (κ2) is 9.50. The molecule has 3 aromatic rings. The number of nitrogens with one attached hydrogen (secondary N) is 2. The number of halogens is 2. The molecule has 0 radical (unpaired) electrons. The molecule has 1 heterocycles. The van der Waals surface area contributed by atoms with Crippen LogP contribution in [0.5, 0.6) is 0 Å². The molecule has 0 atom stereocenters. The van der Waals surface area contributed by atoms with Gasteiger partial charge in [0.05, 0.1) is 12.0 Å². The van der Waals surface area contributed by atoms with Crippen LogP contribution in [-0.2, 0) is 4.79 Å². The van der Waals surface area contributed by atoms with E-state index in [9.17, 15) is 9.18 Å². The topological polar surface area (TPSA) is 110 Å². The molecule has 0 spiro atoms. The third-order valence-electron chi connectivity index (χ3n) is 3.40. The molecule has 0 aliphatic carbocycles. The number of amides is 1. The van der Waals surface area contributed by atoms with Gasteiger partial charge >= 0.3 is 0 Å². The highest BCUT2D eigenvalue weighted by molar-refractivity contribution is 14.1. The second-order valence-electron chi connectivity index (χ2n) is 5.41. The molecular formula is C17H15FIN7OS. The molecule has 4 N–H and O–H groups in total. The Labute approximate surface area is 177 Å². The van der Waals surface area contributed by atoms with E-state index in [-0.39, 0.29) is 17.6 Å². The number of anilines is 2. The fourth-order valence-electron chi connectivity index (χ4n) is 2.05. The molecule has 0 fully saturated rings. The first-order valence-corrected chi connectivity index (χ1v) is 10.0. The molecule has 3 rings (SSSR count). The number of nitrogens with two attached hydrogens (primary N) is 1. The van der Waals surface area contributed by atoms with Gasteiger partial charge in [-0.25, -0.2) is 14.5 Å². The van der Waals surface area contributed by atoms with E-state index in [1.54, 1.807) is 18.2 Å². The molecule has 0 bridgehead atoms. The number of nitrogens with zero attached hydrogens (tertiary/aromatic N) is 4. The molecule has 1 aromatic heterocycles. The Balaban J connectivity index is 1.53. The molecule has 144 valence electrons. The third-order valence-corrected chi connectivity index (χ3v) is 5.06. The number of benzene rings is 2. The van der Waals surface area contributed by atoms with E-state index in [1.165, 1.54) is 17.0 Å². The highest BCUT2D eigenvalue weighted by atomic mass is 127. The number of carbonyl (C=O) groups is 1. The van der Waals surface area contributed by atoms with Gasteiger partial charge in [0.1, 0.15) is 5.82 Å². The summed E-state index contributed by atoms with van der Waals surface area (Å²) < 4.78 is 15.8. The summed E-state index contributed by atoms with van der Waals surface area (Å²) in [5, 5.41) is 14.8. The SMILES string of the molecule is Nn1c(N/N=C/c2ccccc2F)nnc1SCC(=O)Nc1ccc(I)cc1. The van der Waals surface area contributed by atoms with Gasteiger partial charge in [-0.15, -0.1) is 10.2 Å². The zero-order chi connectivity index (χ0) is 19.9. The zero-order valence-electron chi connectivity index (χ0n) is 14.3. The largest absolute Gasteiger partial charge is 0.334 e. The summed E-state index contributed by atoms with van der Waals surface area (Å²) in [5.41, 5.74) is 3.63. The van der Waals surface area contributed by atoms with Crippen LogP contribution >= 0.6 is 34.4 Å². The molecule has 0 unspecified atom stereocenters. The van der Waals surface area contributed by atoms with Crippen molar-refractivity contribution in [3.63, 3.8) is 0 Å². The first-order valence-electron chi connectivity index (χ1n) is 7.95. The molecular weight excluding hydrogens is 496 g/mol. The van der Waals surface area contributed by atoms with Gasteiger partial charge in [-0.1, -0.05) is 30.0 Å². The number of rotatable bonds is 7. The zero-order valence-corrected chi connectivity index (χ0v) is 17.3. The molecule has 1 amide bonds. The molecule has 0 aliphatic heterocycles. The fourth-order valence-corrected chi connectivity index (χ4v) is 3.07. The van der Waals surface area contributed by atoms with E-state index in [0.29, 0.717) is 16.4 Å². The maximum atomic E-state index is 13.5. The quantitative estimate of drug-likeness (QED) is 0.148. The Kier molecular flexibility index (Phi) is 6.81. The van der Waals surface area contributed by atoms with E-state index in [2.05, 4.69) is 48.6 Å². The minimum Gasteiger partial charge on any atom is -0.334 e. The second-order valence-corrected chi connectivity index (χ2v) is 7.60. The Morgan fingerprint density at radius 2 is 2.00 bits per heavy atom. The molecule has 0 aliphatic rings. The van der Waals surface area contributed by atoms with E-state index < -0.39 is 5.82 Å². The molecule has 0 saturated heterocycles. The van der Waals surface area contributed by atoms with Crippen LogP contribution in [-0.4, -0.2) is 32.7 Å². The average Bonchev–Trinajstić information content (AvgIpc) is 3.03. The lowest BCUT2D eigenvalue weighted by Gasteiger charge is -2.05. The van der Waals surface area contributed by atoms with Crippen molar-refractivity contribution in [3.05, 3.63) is 63.5 Å². The number of hydrazone groups is 1. The van der Waals surface area contributed by atoms with E-state index in [1.807, 2.05) is 24.3 Å².